The van der Waals surface area contributed by atoms with E-state index in [1.807, 2.05) is 7.05 Å². The lowest BCUT2D eigenvalue weighted by atomic mass is 10.1. The number of anilines is 9. The van der Waals surface area contributed by atoms with Crippen LogP contribution in [0.15, 0.2) is 98.1 Å². The summed E-state index contributed by atoms with van der Waals surface area (Å²) in [5, 5.41) is 37.8. The number of imidazole rings is 4. The average molecular weight is 1750 g/mol. The molecule has 0 unspecified atom stereocenters. The Morgan fingerprint density at radius 3 is 0.960 bits per heavy atom. The summed E-state index contributed by atoms with van der Waals surface area (Å²) in [4.78, 5) is 202. The number of aromatic nitrogens is 12. The third-order valence-corrected chi connectivity index (χ3v) is 19.5. The van der Waals surface area contributed by atoms with Gasteiger partial charge in [-0.05, 0) is 94.2 Å². The van der Waals surface area contributed by atoms with Crippen LogP contribution in [0, 0.1) is 0 Å². The minimum Gasteiger partial charge on any atom is -0.369 e. The molecule has 0 radical (unpaired) electrons. The number of hydrogen-bond donors (Lipinski definition) is 14. The van der Waals surface area contributed by atoms with E-state index in [2.05, 4.69) is 128 Å². The molecule has 0 bridgehead atoms. The van der Waals surface area contributed by atoms with Crippen LogP contribution in [0.25, 0.3) is 0 Å². The molecule has 124 heavy (non-hydrogen) atoms. The largest absolute Gasteiger partial charge is 0.369 e. The molecule has 0 saturated heterocycles. The van der Waals surface area contributed by atoms with E-state index in [1.54, 1.807) is 56.4 Å². The van der Waals surface area contributed by atoms with E-state index in [-0.39, 0.29) is 162 Å². The molecule has 1 aromatic carbocycles. The summed E-state index contributed by atoms with van der Waals surface area (Å²) in [6.45, 7) is 5.27. The highest BCUT2D eigenvalue weighted by Crippen LogP contribution is 2.23. The van der Waals surface area contributed by atoms with Crippen molar-refractivity contribution in [3.05, 3.63) is 150 Å². The van der Waals surface area contributed by atoms with Crippen molar-refractivity contribution in [2.75, 3.05) is 132 Å². The topological polar surface area (TPSA) is 505 Å². The molecule has 0 fully saturated rings. The van der Waals surface area contributed by atoms with Crippen LogP contribution in [-0.2, 0) is 91.6 Å². The molecule has 9 aromatic rings. The molecule has 44 heteroatoms. The van der Waals surface area contributed by atoms with Gasteiger partial charge in [-0.25, -0.2) is 19.9 Å². The molecule has 9 rings (SSSR count). The van der Waals surface area contributed by atoms with Crippen molar-refractivity contribution in [1.29, 1.82) is 0 Å². The van der Waals surface area contributed by atoms with Crippen LogP contribution in [0.2, 0.25) is 0 Å². The van der Waals surface area contributed by atoms with Crippen molar-refractivity contribution >= 4 is 158 Å². The number of amides is 14. The van der Waals surface area contributed by atoms with Gasteiger partial charge < -0.3 is 121 Å². The van der Waals surface area contributed by atoms with E-state index in [9.17, 15) is 67.1 Å². The van der Waals surface area contributed by atoms with E-state index in [0.717, 1.165) is 51.1 Å². The van der Waals surface area contributed by atoms with Gasteiger partial charge in [0, 0.05) is 215 Å². The molecule has 0 aliphatic carbocycles. The zero-order valence-corrected chi connectivity index (χ0v) is 72.0. The van der Waals surface area contributed by atoms with Crippen LogP contribution >= 0.6 is 23.2 Å². The van der Waals surface area contributed by atoms with E-state index in [1.165, 1.54) is 123 Å². The summed E-state index contributed by atoms with van der Waals surface area (Å²) >= 11 is 11.9. The number of nitrogens with zero attached hydrogens (tertiary/aromatic N) is 14. The van der Waals surface area contributed by atoms with E-state index in [0.29, 0.717) is 43.4 Å². The third kappa shape index (κ3) is 27.8. The van der Waals surface area contributed by atoms with Gasteiger partial charge in [0.05, 0.1) is 22.7 Å². The Morgan fingerprint density at radius 2 is 0.621 bits per heavy atom. The lowest BCUT2D eigenvalue weighted by molar-refractivity contribution is -0.121. The number of halogens is 2. The van der Waals surface area contributed by atoms with Crippen molar-refractivity contribution in [3.8, 4) is 0 Å². The summed E-state index contributed by atoms with van der Waals surface area (Å²) in [5.41, 5.74) is 4.04. The van der Waals surface area contributed by atoms with Crippen molar-refractivity contribution in [2.45, 2.75) is 71.1 Å². The second-order valence-electron chi connectivity index (χ2n) is 29.3. The highest BCUT2D eigenvalue weighted by molar-refractivity contribution is 6.19. The number of hydrogen-bond acceptors (Lipinski definition) is 20. The van der Waals surface area contributed by atoms with Gasteiger partial charge in [-0.3, -0.25) is 67.1 Å². The Kier molecular flexibility index (Phi) is 34.2. The molecule has 14 amide bonds. The number of alkyl halides is 2. The minimum atomic E-state index is -0.663. The van der Waals surface area contributed by atoms with E-state index >= 15 is 0 Å². The Balaban J connectivity index is 0.602. The van der Waals surface area contributed by atoms with Crippen LogP contribution < -0.4 is 79.3 Å². The molecule has 662 valence electrons. The number of carbonyl (C=O) groups excluding carboxylic acids is 14. The number of aryl methyl sites for hydroxylation is 9. The van der Waals surface area contributed by atoms with Gasteiger partial charge in [-0.15, -0.1) is 23.2 Å². The Bertz CT molecular complexity index is 5360. The summed E-state index contributed by atoms with van der Waals surface area (Å²) in [6, 6.07) is 14.1. The molecule has 8 aromatic heterocycles. The smallest absolute Gasteiger partial charge is 0.291 e. The first-order chi connectivity index (χ1) is 59.2. The first kappa shape index (κ1) is 94.0. The maximum absolute atomic E-state index is 13.4. The third-order valence-electron chi connectivity index (χ3n) is 19.1. The second-order valence-corrected chi connectivity index (χ2v) is 30.0. The fourth-order valence-corrected chi connectivity index (χ4v) is 13.4. The molecular weight excluding hydrogens is 1650 g/mol. The lowest BCUT2D eigenvalue weighted by Crippen LogP contribution is -2.33. The van der Waals surface area contributed by atoms with Crippen LogP contribution in [-0.4, -0.2) is 228 Å². The van der Waals surface area contributed by atoms with Crippen LogP contribution in [0.5, 0.6) is 0 Å². The molecule has 0 atom stereocenters. The zero-order valence-electron chi connectivity index (χ0n) is 70.5. The van der Waals surface area contributed by atoms with Gasteiger partial charge in [0.1, 0.15) is 22.8 Å². The van der Waals surface area contributed by atoms with Gasteiger partial charge in [-0.1, -0.05) is 12.1 Å². The van der Waals surface area contributed by atoms with Crippen LogP contribution in [0.3, 0.4) is 0 Å². The van der Waals surface area contributed by atoms with Crippen molar-refractivity contribution < 1.29 is 67.1 Å². The quantitative estimate of drug-likeness (QED) is 0.0189. The molecule has 8 heterocycles. The number of nitrogens with one attached hydrogen (secondary N) is 14. The fraction of sp³-hybridized carbons (Fsp3) is 0.400. The summed E-state index contributed by atoms with van der Waals surface area (Å²) in [7, 11) is 14.6. The first-order valence-electron chi connectivity index (χ1n) is 39.7. The van der Waals surface area contributed by atoms with Gasteiger partial charge in [0.2, 0.25) is 58.7 Å². The number of carbonyl (C=O) groups is 14. The van der Waals surface area contributed by atoms with Crippen LogP contribution in [0.4, 0.5) is 51.7 Å². The van der Waals surface area contributed by atoms with Crippen molar-refractivity contribution in [3.63, 3.8) is 0 Å². The molecule has 14 N–H and O–H groups in total. The average Bonchev–Trinajstić information content (AvgIpc) is 1.70. The molecular formula is C80H104Cl2N28O14. The first-order valence-corrected chi connectivity index (χ1v) is 40.8. The lowest BCUT2D eigenvalue weighted by Gasteiger charge is -2.23. The highest BCUT2D eigenvalue weighted by Gasteiger charge is 2.26. The SMILES string of the molecule is CC(=O)Nc1cn(C)c(C(=O)Nc2cc(C(=O)NCCC(=O)Nc3cn(C)c(C(=O)Nc4cc(C(=O)NCCCC(=O)Nc5cn(C)c(C(=O)Nc6cc(C(=O)NCCC(=O)Nc7cn(C)c(C(=O)Nc8cc(C(=O)NCCC(=O)NCCCN(C)CCCNC(=O)CCCc9ccc(N(CCCl)CCCl)cc9)n(C)c8)n7)n(C)c6)n5)n(C)c4)n3)n(C)c2)n1. The Hall–Kier alpha value is -13.9. The minimum absolute atomic E-state index is 0.0176. The number of benzene rings is 1. The maximum Gasteiger partial charge on any atom is 0.291 e. The summed E-state index contributed by atoms with van der Waals surface area (Å²) < 4.78 is 11.6. The predicted octanol–water partition coefficient (Wildman–Crippen LogP) is 3.98. The van der Waals surface area contributed by atoms with E-state index in [4.69, 9.17) is 23.2 Å². The second kappa shape index (κ2) is 45.1. The zero-order chi connectivity index (χ0) is 89.8. The molecule has 0 saturated carbocycles. The summed E-state index contributed by atoms with van der Waals surface area (Å²) in [6.07, 6.45) is 15.2. The molecule has 0 spiro atoms. The monoisotopic (exact) mass is 1750 g/mol. The van der Waals surface area contributed by atoms with Gasteiger partial charge in [-0.2, -0.15) is 0 Å². The van der Waals surface area contributed by atoms with Gasteiger partial charge >= 0.3 is 0 Å². The maximum atomic E-state index is 13.4. The standard InChI is InChI=1S/C80H104Cl2N28O14/c1-49(111)89-60-45-106(7)69(97-60)77(121)90-52-39-58(104(5)42-52)75(119)87-31-23-67(115)95-62-47-108(9)71(99-62)79(123)91-51-37-56(102(3)41-51)73(117)85-27-12-17-66(114)94-61-46-107(8)70(98-61)78(122)92-54-40-59(105(6)44-54)76(120)88-32-24-68(116)96-63-48-109(10)72(100-63)80(124)93-53-38-57(103(4)43-53)74(118)86-30-22-65(113)84-29-14-34-101(2)33-13-28-83-64(112)16-11-15-50-18-20-55(21-19-50)110(35-25-81)36-26-82/h18-21,37-48H,11-17,22-36H2,1-10H3,(H,83,112)(H,84,113)(H,85,117)(H,86,118)(H,87,119)(H,88,120)(H,89,111)(H,90,121)(H,91,123)(H,92,122)(H,93,124)(H,94,114)(H,95,115)(H,96,116). The summed E-state index contributed by atoms with van der Waals surface area (Å²) in [5.74, 6) is -5.42. The fourth-order valence-electron chi connectivity index (χ4n) is 13.0. The van der Waals surface area contributed by atoms with Gasteiger partial charge in [0.15, 0.2) is 23.3 Å². The van der Waals surface area contributed by atoms with Gasteiger partial charge in [0.25, 0.3) is 47.3 Å². The Labute approximate surface area is 723 Å². The van der Waals surface area contributed by atoms with Crippen LogP contribution in [0.1, 0.15) is 155 Å². The van der Waals surface area contributed by atoms with Crippen molar-refractivity contribution in [2.24, 2.45) is 56.4 Å². The Morgan fingerprint density at radius 1 is 0.323 bits per heavy atom. The molecule has 0 aliphatic rings. The molecule has 42 nitrogen and oxygen atoms in total. The highest BCUT2D eigenvalue weighted by atomic mass is 35.5. The van der Waals surface area contributed by atoms with Crippen molar-refractivity contribution in [1.82, 2.24) is 93.3 Å². The number of rotatable bonds is 46. The normalized spacial score (nSPS) is 11.0. The van der Waals surface area contributed by atoms with E-state index < -0.39 is 65.0 Å². The molecule has 0 aliphatic heterocycles. The predicted molar refractivity (Wildman–Crippen MR) is 465 cm³/mol.